The molecule has 8 heteroatoms. The second-order valence-corrected chi connectivity index (χ2v) is 9.91. The van der Waals surface area contributed by atoms with E-state index in [2.05, 4.69) is 20.8 Å². The lowest BCUT2D eigenvalue weighted by atomic mass is 10.0. The molecule has 5 aromatic rings. The average molecular weight is 510 g/mol. The van der Waals surface area contributed by atoms with Crippen molar-refractivity contribution < 1.29 is 14.0 Å². The van der Waals surface area contributed by atoms with E-state index < -0.39 is 0 Å². The van der Waals surface area contributed by atoms with E-state index in [1.54, 1.807) is 12.1 Å². The summed E-state index contributed by atoms with van der Waals surface area (Å²) in [4.78, 5) is 25.5. The van der Waals surface area contributed by atoms with E-state index in [-0.39, 0.29) is 29.6 Å². The molecule has 2 aromatic heterocycles. The molecule has 1 aliphatic rings. The molecule has 1 fully saturated rings. The molecule has 3 N–H and O–H groups in total. The van der Waals surface area contributed by atoms with Gasteiger partial charge in [-0.25, -0.2) is 4.39 Å². The van der Waals surface area contributed by atoms with Crippen LogP contribution >= 0.6 is 0 Å². The highest BCUT2D eigenvalue weighted by atomic mass is 19.1. The standard InChI is InChI=1S/C30H28FN5O2/c1-3-36-16-25(30(38)32-17(2)19-5-4-6-22(31)13-19)24-14-20(10-12-27(24)36)21-9-11-23-26(15-21)34-35-28(23)33-29(37)18-7-8-18/h4-6,9-18H,3,7-8H2,1-2H3,(H,32,38)(H2,33,34,35,37)/t17-/m0/s1. The van der Waals surface area contributed by atoms with E-state index in [1.807, 2.05) is 61.0 Å². The summed E-state index contributed by atoms with van der Waals surface area (Å²) in [6.07, 6.45) is 3.74. The van der Waals surface area contributed by atoms with E-state index in [9.17, 15) is 14.0 Å². The summed E-state index contributed by atoms with van der Waals surface area (Å²) in [6, 6.07) is 18.0. The minimum absolute atomic E-state index is 0.0193. The highest BCUT2D eigenvalue weighted by Crippen LogP contribution is 2.33. The second kappa shape index (κ2) is 9.45. The molecule has 192 valence electrons. The molecule has 0 unspecified atom stereocenters. The number of amides is 2. The van der Waals surface area contributed by atoms with Gasteiger partial charge in [-0.3, -0.25) is 14.7 Å². The number of aromatic amines is 1. The fourth-order valence-electron chi connectivity index (χ4n) is 4.91. The van der Waals surface area contributed by atoms with Gasteiger partial charge in [0.15, 0.2) is 5.82 Å². The minimum Gasteiger partial charge on any atom is -0.347 e. The average Bonchev–Trinajstić information content (AvgIpc) is 3.61. The molecule has 2 amide bonds. The number of hydrogen-bond donors (Lipinski definition) is 3. The van der Waals surface area contributed by atoms with Crippen LogP contribution in [0.2, 0.25) is 0 Å². The van der Waals surface area contributed by atoms with E-state index in [0.717, 1.165) is 52.3 Å². The van der Waals surface area contributed by atoms with Crippen LogP contribution in [0.3, 0.4) is 0 Å². The van der Waals surface area contributed by atoms with Crippen molar-refractivity contribution >= 4 is 39.4 Å². The quantitative estimate of drug-likeness (QED) is 0.245. The van der Waals surface area contributed by atoms with Crippen LogP contribution in [0, 0.1) is 11.7 Å². The number of H-pyrrole nitrogens is 1. The molecule has 2 heterocycles. The first-order valence-corrected chi connectivity index (χ1v) is 12.9. The van der Waals surface area contributed by atoms with Crippen molar-refractivity contribution in [2.45, 2.75) is 39.3 Å². The van der Waals surface area contributed by atoms with Crippen molar-refractivity contribution in [1.29, 1.82) is 0 Å². The van der Waals surface area contributed by atoms with Crippen LogP contribution in [-0.4, -0.2) is 26.6 Å². The molecule has 38 heavy (non-hydrogen) atoms. The van der Waals surface area contributed by atoms with Crippen LogP contribution in [0.25, 0.3) is 32.9 Å². The molecule has 0 radical (unpaired) electrons. The summed E-state index contributed by atoms with van der Waals surface area (Å²) in [5, 5.41) is 15.0. The highest BCUT2D eigenvalue weighted by molar-refractivity contribution is 6.08. The first-order valence-electron chi connectivity index (χ1n) is 12.9. The van der Waals surface area contributed by atoms with E-state index >= 15 is 0 Å². The summed E-state index contributed by atoms with van der Waals surface area (Å²) in [5.74, 6) is 0.126. The third kappa shape index (κ3) is 4.42. The normalized spacial score (nSPS) is 14.1. The van der Waals surface area contributed by atoms with Crippen LogP contribution in [0.1, 0.15) is 48.7 Å². The number of fused-ring (bicyclic) bond motifs is 2. The number of benzene rings is 3. The molecule has 7 nitrogen and oxygen atoms in total. The Morgan fingerprint density at radius 1 is 1.08 bits per heavy atom. The second-order valence-electron chi connectivity index (χ2n) is 9.91. The number of nitrogens with one attached hydrogen (secondary N) is 3. The topological polar surface area (TPSA) is 91.8 Å². The Bertz CT molecular complexity index is 1700. The lowest BCUT2D eigenvalue weighted by molar-refractivity contribution is -0.117. The summed E-state index contributed by atoms with van der Waals surface area (Å²) in [7, 11) is 0. The van der Waals surface area contributed by atoms with E-state index in [4.69, 9.17) is 0 Å². The van der Waals surface area contributed by atoms with Gasteiger partial charge in [-0.05, 0) is 79.8 Å². The zero-order chi connectivity index (χ0) is 26.4. The van der Waals surface area contributed by atoms with Gasteiger partial charge in [0, 0.05) is 34.9 Å². The Morgan fingerprint density at radius 2 is 1.87 bits per heavy atom. The molecule has 1 atom stereocenters. The highest BCUT2D eigenvalue weighted by Gasteiger charge is 2.30. The summed E-state index contributed by atoms with van der Waals surface area (Å²) < 4.78 is 15.7. The van der Waals surface area contributed by atoms with Gasteiger partial charge in [0.2, 0.25) is 5.91 Å². The first-order chi connectivity index (χ1) is 18.4. The molecule has 3 aromatic carbocycles. The van der Waals surface area contributed by atoms with Gasteiger partial charge in [-0.1, -0.05) is 24.3 Å². The van der Waals surface area contributed by atoms with Gasteiger partial charge in [0.05, 0.1) is 17.1 Å². The fourth-order valence-corrected chi connectivity index (χ4v) is 4.91. The maximum Gasteiger partial charge on any atom is 0.253 e. The van der Waals surface area contributed by atoms with Gasteiger partial charge in [-0.15, -0.1) is 0 Å². The maximum atomic E-state index is 13.7. The van der Waals surface area contributed by atoms with Crippen molar-refractivity contribution in [3.63, 3.8) is 0 Å². The molecular formula is C30H28FN5O2. The zero-order valence-electron chi connectivity index (χ0n) is 21.2. The number of rotatable bonds is 7. The van der Waals surface area contributed by atoms with Gasteiger partial charge < -0.3 is 15.2 Å². The predicted octanol–water partition coefficient (Wildman–Crippen LogP) is 6.18. The van der Waals surface area contributed by atoms with Crippen molar-refractivity contribution in [3.05, 3.63) is 83.8 Å². The Kier molecular flexibility index (Phi) is 5.94. The SMILES string of the molecule is CCn1cc(C(=O)N[C@@H](C)c2cccc(F)c2)c2cc(-c3ccc4c(NC(=O)C5CC5)n[nH]c4c3)ccc21. The van der Waals surface area contributed by atoms with E-state index in [1.165, 1.54) is 12.1 Å². The van der Waals surface area contributed by atoms with Gasteiger partial charge >= 0.3 is 0 Å². The predicted molar refractivity (Wildman–Crippen MR) is 146 cm³/mol. The number of carbonyl (C=O) groups excluding carboxylic acids is 2. The number of aromatic nitrogens is 3. The zero-order valence-corrected chi connectivity index (χ0v) is 21.2. The third-order valence-corrected chi connectivity index (χ3v) is 7.25. The van der Waals surface area contributed by atoms with Crippen molar-refractivity contribution in [1.82, 2.24) is 20.1 Å². The number of nitrogens with zero attached hydrogens (tertiary/aromatic N) is 2. The third-order valence-electron chi connectivity index (χ3n) is 7.25. The number of hydrogen-bond acceptors (Lipinski definition) is 3. The fraction of sp³-hybridized carbons (Fsp3) is 0.233. The molecule has 0 spiro atoms. The smallest absolute Gasteiger partial charge is 0.253 e. The first kappa shape index (κ1) is 23.9. The number of aryl methyl sites for hydroxylation is 1. The van der Waals surface area contributed by atoms with Gasteiger partial charge in [-0.2, -0.15) is 5.10 Å². The largest absolute Gasteiger partial charge is 0.347 e. The summed E-state index contributed by atoms with van der Waals surface area (Å²) >= 11 is 0. The summed E-state index contributed by atoms with van der Waals surface area (Å²) in [6.45, 7) is 4.60. The Labute approximate surface area is 219 Å². The van der Waals surface area contributed by atoms with Crippen LogP contribution in [-0.2, 0) is 11.3 Å². The van der Waals surface area contributed by atoms with E-state index in [0.29, 0.717) is 16.9 Å². The molecule has 1 aliphatic carbocycles. The lowest BCUT2D eigenvalue weighted by Gasteiger charge is -2.14. The molecule has 1 saturated carbocycles. The Morgan fingerprint density at radius 3 is 2.63 bits per heavy atom. The summed E-state index contributed by atoms with van der Waals surface area (Å²) in [5.41, 5.74) is 4.98. The number of halogens is 1. The van der Waals surface area contributed by atoms with Crippen molar-refractivity contribution in [3.8, 4) is 11.1 Å². The number of anilines is 1. The van der Waals surface area contributed by atoms with Crippen LogP contribution in [0.5, 0.6) is 0 Å². The van der Waals surface area contributed by atoms with Gasteiger partial charge in [0.25, 0.3) is 5.91 Å². The van der Waals surface area contributed by atoms with Gasteiger partial charge in [0.1, 0.15) is 5.82 Å². The molecule has 0 bridgehead atoms. The molecule has 0 saturated heterocycles. The van der Waals surface area contributed by atoms with Crippen LogP contribution < -0.4 is 10.6 Å². The minimum atomic E-state index is -0.348. The van der Waals surface area contributed by atoms with Crippen molar-refractivity contribution in [2.75, 3.05) is 5.32 Å². The monoisotopic (exact) mass is 509 g/mol. The van der Waals surface area contributed by atoms with Crippen LogP contribution in [0.4, 0.5) is 10.2 Å². The van der Waals surface area contributed by atoms with Crippen molar-refractivity contribution in [2.24, 2.45) is 5.92 Å². The Balaban J connectivity index is 1.31. The Hall–Kier alpha value is -4.46. The number of carbonyl (C=O) groups is 2. The van der Waals surface area contributed by atoms with Crippen LogP contribution in [0.15, 0.2) is 66.9 Å². The molecule has 0 aliphatic heterocycles. The maximum absolute atomic E-state index is 13.7. The lowest BCUT2D eigenvalue weighted by Crippen LogP contribution is -2.26. The molecule has 6 rings (SSSR count). The molecular weight excluding hydrogens is 481 g/mol.